The zero-order valence-electron chi connectivity index (χ0n) is 18.8. The van der Waals surface area contributed by atoms with Crippen LogP contribution in [0.2, 0.25) is 5.02 Å². The van der Waals surface area contributed by atoms with Gasteiger partial charge in [0.15, 0.2) is 0 Å². The Bertz CT molecular complexity index is 1500. The number of hydrazone groups is 1. The second-order valence-corrected chi connectivity index (χ2v) is 9.25. The molecule has 0 saturated heterocycles. The Kier molecular flexibility index (Phi) is 8.26. The van der Waals surface area contributed by atoms with Crippen molar-refractivity contribution in [1.82, 2.24) is 0 Å². The summed E-state index contributed by atoms with van der Waals surface area (Å²) in [7, 11) is -2.74. The monoisotopic (exact) mass is 551 g/mol. The van der Waals surface area contributed by atoms with E-state index in [-0.39, 0.29) is 32.7 Å². The van der Waals surface area contributed by atoms with Crippen molar-refractivity contribution in [1.29, 1.82) is 5.26 Å². The molecule has 0 aromatic heterocycles. The maximum absolute atomic E-state index is 12.9. The first kappa shape index (κ1) is 27.3. The Labute approximate surface area is 214 Å². The topological polar surface area (TPSA) is 133 Å². The number of nitrogens with one attached hydrogen (secondary N) is 3. The molecule has 1 amide bonds. The van der Waals surface area contributed by atoms with Crippen molar-refractivity contribution in [2.24, 2.45) is 5.10 Å². The third-order valence-corrected chi connectivity index (χ3v) is 6.35. The maximum Gasteiger partial charge on any atom is 0.416 e. The molecule has 0 aliphatic carbocycles. The minimum Gasteiger partial charge on any atom is -0.495 e. The molecule has 192 valence electrons. The van der Waals surface area contributed by atoms with Crippen molar-refractivity contribution >= 4 is 50.3 Å². The molecule has 0 radical (unpaired) electrons. The third kappa shape index (κ3) is 6.90. The summed E-state index contributed by atoms with van der Waals surface area (Å²) in [5, 5.41) is 15.1. The number of nitrogens with zero attached hydrogens (tertiary/aromatic N) is 2. The SMILES string of the molecule is COc1ccccc1NS(=O)(=O)c1ccc(Cl)c(NN=C(C#N)C(=O)Nc2cccc(C(F)(F)F)c2)c1. The molecule has 3 rings (SSSR count). The molecule has 3 aromatic rings. The average molecular weight is 552 g/mol. The molecular weight excluding hydrogens is 535 g/mol. The molecule has 0 aliphatic rings. The van der Waals surface area contributed by atoms with Gasteiger partial charge in [0.05, 0.1) is 34.0 Å². The van der Waals surface area contributed by atoms with Crippen molar-refractivity contribution in [3.63, 3.8) is 0 Å². The first-order chi connectivity index (χ1) is 17.4. The van der Waals surface area contributed by atoms with Crippen LogP contribution in [0.25, 0.3) is 0 Å². The van der Waals surface area contributed by atoms with Crippen LogP contribution in [0.3, 0.4) is 0 Å². The van der Waals surface area contributed by atoms with E-state index in [0.29, 0.717) is 6.07 Å². The Morgan fingerprint density at radius 1 is 1.05 bits per heavy atom. The molecule has 9 nitrogen and oxygen atoms in total. The minimum absolute atomic E-state index is 0.00979. The lowest BCUT2D eigenvalue weighted by Crippen LogP contribution is -2.23. The number of halogens is 4. The summed E-state index contributed by atoms with van der Waals surface area (Å²) in [6, 6.07) is 15.2. The molecule has 37 heavy (non-hydrogen) atoms. The highest BCUT2D eigenvalue weighted by molar-refractivity contribution is 7.92. The fraction of sp³-hybridized carbons (Fsp3) is 0.0870. The van der Waals surface area contributed by atoms with Gasteiger partial charge >= 0.3 is 6.18 Å². The molecular formula is C23H17ClF3N5O4S. The van der Waals surface area contributed by atoms with Gasteiger partial charge in [0.1, 0.15) is 11.8 Å². The van der Waals surface area contributed by atoms with E-state index in [1.807, 2.05) is 0 Å². The number of sulfonamides is 1. The first-order valence-electron chi connectivity index (χ1n) is 10.1. The minimum atomic E-state index is -4.63. The number of carbonyl (C=O) groups excluding carboxylic acids is 1. The molecule has 3 aromatic carbocycles. The van der Waals surface area contributed by atoms with Gasteiger partial charge in [-0.3, -0.25) is 14.9 Å². The summed E-state index contributed by atoms with van der Waals surface area (Å²) in [6.45, 7) is 0. The molecule has 0 bridgehead atoms. The van der Waals surface area contributed by atoms with E-state index in [1.165, 1.54) is 37.4 Å². The van der Waals surface area contributed by atoms with Gasteiger partial charge in [-0.05, 0) is 48.5 Å². The lowest BCUT2D eigenvalue weighted by atomic mass is 10.2. The van der Waals surface area contributed by atoms with Crippen LogP contribution in [-0.2, 0) is 21.0 Å². The maximum atomic E-state index is 12.9. The van der Waals surface area contributed by atoms with Gasteiger partial charge in [-0.2, -0.15) is 23.5 Å². The van der Waals surface area contributed by atoms with Crippen molar-refractivity contribution in [3.8, 4) is 11.8 Å². The van der Waals surface area contributed by atoms with Gasteiger partial charge in [0.2, 0.25) is 5.71 Å². The van der Waals surface area contributed by atoms with Gasteiger partial charge in [0, 0.05) is 5.69 Å². The predicted octanol–water partition coefficient (Wildman–Crippen LogP) is 5.10. The van der Waals surface area contributed by atoms with Crippen molar-refractivity contribution in [2.75, 3.05) is 22.6 Å². The van der Waals surface area contributed by atoms with Crippen LogP contribution in [-0.4, -0.2) is 27.1 Å². The predicted molar refractivity (Wildman–Crippen MR) is 132 cm³/mol. The number of methoxy groups -OCH3 is 1. The van der Waals surface area contributed by atoms with Crippen molar-refractivity contribution in [2.45, 2.75) is 11.1 Å². The largest absolute Gasteiger partial charge is 0.495 e. The van der Waals surface area contributed by atoms with Gasteiger partial charge in [-0.25, -0.2) is 8.42 Å². The molecule has 0 saturated carbocycles. The number of ether oxygens (including phenoxy) is 1. The zero-order valence-corrected chi connectivity index (χ0v) is 20.4. The summed E-state index contributed by atoms with van der Waals surface area (Å²) in [4.78, 5) is 12.1. The average Bonchev–Trinajstić information content (AvgIpc) is 2.85. The lowest BCUT2D eigenvalue weighted by Gasteiger charge is -2.13. The summed E-state index contributed by atoms with van der Waals surface area (Å²) < 4.78 is 71.9. The molecule has 0 fully saturated rings. The number of nitriles is 1. The van der Waals surface area contributed by atoms with Crippen LogP contribution in [0.5, 0.6) is 5.75 Å². The second kappa shape index (κ2) is 11.2. The number of hydrogen-bond donors (Lipinski definition) is 3. The molecule has 0 unspecified atom stereocenters. The van der Waals surface area contributed by atoms with E-state index in [0.717, 1.165) is 18.2 Å². The smallest absolute Gasteiger partial charge is 0.416 e. The summed E-state index contributed by atoms with van der Waals surface area (Å²) in [5.74, 6) is -0.819. The third-order valence-electron chi connectivity index (χ3n) is 4.66. The molecule has 3 N–H and O–H groups in total. The zero-order chi connectivity index (χ0) is 27.2. The van der Waals surface area contributed by atoms with Crippen LogP contribution in [0.4, 0.5) is 30.2 Å². The number of hydrogen-bond acceptors (Lipinski definition) is 7. The number of amides is 1. The molecule has 0 spiro atoms. The molecule has 0 atom stereocenters. The van der Waals surface area contributed by atoms with Gasteiger partial charge in [-0.1, -0.05) is 29.8 Å². The Hall–Kier alpha value is -4.28. The van der Waals surface area contributed by atoms with Gasteiger partial charge in [-0.15, -0.1) is 0 Å². The molecule has 14 heteroatoms. The van der Waals surface area contributed by atoms with E-state index in [2.05, 4.69) is 20.6 Å². The normalized spacial score (nSPS) is 11.8. The van der Waals surface area contributed by atoms with Crippen LogP contribution < -0.4 is 20.2 Å². The number of alkyl halides is 3. The van der Waals surface area contributed by atoms with Crippen LogP contribution in [0.1, 0.15) is 5.56 Å². The number of carbonyl (C=O) groups is 1. The number of para-hydroxylation sites is 2. The summed E-state index contributed by atoms with van der Waals surface area (Å²) in [6.07, 6.45) is -4.63. The Balaban J connectivity index is 1.81. The first-order valence-corrected chi connectivity index (χ1v) is 12.0. The standard InChI is InChI=1S/C23H17ClF3N5O4S/c1-36-21-8-3-2-7-18(21)32-37(34,35)16-9-10-17(24)19(12-16)30-31-20(13-28)22(33)29-15-6-4-5-14(11-15)23(25,26)27/h2-12,30,32H,1H3,(H,29,33). The Morgan fingerprint density at radius 3 is 2.46 bits per heavy atom. The van der Waals surface area contributed by atoms with Crippen LogP contribution in [0.15, 0.2) is 76.7 Å². The van der Waals surface area contributed by atoms with E-state index in [9.17, 15) is 31.6 Å². The summed E-state index contributed by atoms with van der Waals surface area (Å²) >= 11 is 6.09. The number of benzene rings is 3. The Morgan fingerprint density at radius 2 is 1.78 bits per heavy atom. The van der Waals surface area contributed by atoms with E-state index in [1.54, 1.807) is 18.2 Å². The fourth-order valence-electron chi connectivity index (χ4n) is 2.90. The van der Waals surface area contributed by atoms with Crippen molar-refractivity contribution < 1.29 is 31.1 Å². The highest BCUT2D eigenvalue weighted by Gasteiger charge is 2.30. The number of anilines is 3. The number of rotatable bonds is 8. The van der Waals surface area contributed by atoms with E-state index < -0.39 is 33.4 Å². The second-order valence-electron chi connectivity index (χ2n) is 7.16. The molecule has 0 heterocycles. The van der Waals surface area contributed by atoms with Gasteiger partial charge < -0.3 is 10.1 Å². The van der Waals surface area contributed by atoms with Crippen LogP contribution >= 0.6 is 11.6 Å². The highest BCUT2D eigenvalue weighted by Crippen LogP contribution is 2.31. The van der Waals surface area contributed by atoms with Crippen molar-refractivity contribution in [3.05, 3.63) is 77.3 Å². The lowest BCUT2D eigenvalue weighted by molar-refractivity contribution is -0.137. The fourth-order valence-corrected chi connectivity index (χ4v) is 4.15. The molecule has 0 aliphatic heterocycles. The van der Waals surface area contributed by atoms with Gasteiger partial charge in [0.25, 0.3) is 15.9 Å². The highest BCUT2D eigenvalue weighted by atomic mass is 35.5. The quantitative estimate of drug-likeness (QED) is 0.263. The van der Waals surface area contributed by atoms with E-state index in [4.69, 9.17) is 16.3 Å². The summed E-state index contributed by atoms with van der Waals surface area (Å²) in [5.41, 5.74) is 0.499. The van der Waals surface area contributed by atoms with Crippen LogP contribution in [0, 0.1) is 11.3 Å². The van der Waals surface area contributed by atoms with E-state index >= 15 is 0 Å².